The molecule has 2 rings (SSSR count). The Kier molecular flexibility index (Phi) is 6.39. The molecule has 21 heavy (non-hydrogen) atoms. The number of nitrogens with zero attached hydrogens (tertiary/aromatic N) is 1. The van der Waals surface area contributed by atoms with E-state index in [0.717, 1.165) is 11.0 Å². The lowest BCUT2D eigenvalue weighted by atomic mass is 10.1. The Morgan fingerprint density at radius 1 is 1.33 bits per heavy atom. The predicted octanol–water partition coefficient (Wildman–Crippen LogP) is 3.39. The van der Waals surface area contributed by atoms with Crippen molar-refractivity contribution < 1.29 is 5.11 Å². The van der Waals surface area contributed by atoms with Crippen LogP contribution in [0.25, 0.3) is 0 Å². The Labute approximate surface area is 138 Å². The molecule has 2 aromatic rings. The molecule has 0 fully saturated rings. The Morgan fingerprint density at radius 2 is 2.05 bits per heavy atom. The fraction of sp³-hybridized carbons (Fsp3) is 0.375. The van der Waals surface area contributed by atoms with E-state index in [2.05, 4.69) is 44.4 Å². The highest BCUT2D eigenvalue weighted by Crippen LogP contribution is 2.32. The molecule has 0 spiro atoms. The van der Waals surface area contributed by atoms with Gasteiger partial charge in [0, 0.05) is 33.9 Å². The number of nitrogens with two attached hydrogens (primary N) is 1. The molecule has 1 aromatic heterocycles. The summed E-state index contributed by atoms with van der Waals surface area (Å²) in [7, 11) is 0. The number of rotatable bonds is 7. The largest absolute Gasteiger partial charge is 0.395 e. The van der Waals surface area contributed by atoms with Crippen LogP contribution in [0.1, 0.15) is 23.4 Å². The van der Waals surface area contributed by atoms with Crippen molar-refractivity contribution in [2.24, 2.45) is 5.73 Å². The molecule has 2 unspecified atom stereocenters. The lowest BCUT2D eigenvalue weighted by Crippen LogP contribution is -2.40. The number of hydrogen-bond acceptors (Lipinski definition) is 4. The summed E-state index contributed by atoms with van der Waals surface area (Å²) in [6.07, 6.45) is 0. The van der Waals surface area contributed by atoms with Gasteiger partial charge in [-0.25, -0.2) is 0 Å². The van der Waals surface area contributed by atoms with Gasteiger partial charge in [0.15, 0.2) is 0 Å². The van der Waals surface area contributed by atoms with E-state index < -0.39 is 0 Å². The molecule has 2 atom stereocenters. The second kappa shape index (κ2) is 8.06. The highest BCUT2D eigenvalue weighted by molar-refractivity contribution is 9.10. The van der Waals surface area contributed by atoms with Crippen molar-refractivity contribution in [1.82, 2.24) is 4.90 Å². The summed E-state index contributed by atoms with van der Waals surface area (Å²) in [6, 6.07) is 12.5. The Bertz CT molecular complexity index is 544. The zero-order chi connectivity index (χ0) is 15.2. The molecule has 3 nitrogen and oxygen atoms in total. The summed E-state index contributed by atoms with van der Waals surface area (Å²) >= 11 is 5.21. The fourth-order valence-corrected chi connectivity index (χ4v) is 4.21. The van der Waals surface area contributed by atoms with Crippen LogP contribution in [0.2, 0.25) is 0 Å². The quantitative estimate of drug-likeness (QED) is 0.787. The maximum absolute atomic E-state index is 9.41. The molecule has 3 N–H and O–H groups in total. The maximum atomic E-state index is 9.41. The molecule has 0 saturated carbocycles. The molecular formula is C16H21BrN2OS. The van der Waals surface area contributed by atoms with Crippen molar-refractivity contribution in [2.75, 3.05) is 13.2 Å². The van der Waals surface area contributed by atoms with Crippen LogP contribution in [0, 0.1) is 0 Å². The molecule has 0 aliphatic rings. The minimum atomic E-state index is -0.00851. The highest BCUT2D eigenvalue weighted by Gasteiger charge is 2.25. The van der Waals surface area contributed by atoms with E-state index in [0.29, 0.717) is 6.54 Å². The minimum absolute atomic E-state index is 0.00851. The van der Waals surface area contributed by atoms with Crippen LogP contribution in [0.5, 0.6) is 0 Å². The molecule has 5 heteroatoms. The Morgan fingerprint density at radius 3 is 2.57 bits per heavy atom. The SMILES string of the molecule is CC(N)C(c1cc(Br)cs1)N(CCO)Cc1ccccc1. The number of halogens is 1. The third kappa shape index (κ3) is 4.63. The average molecular weight is 369 g/mol. The third-order valence-electron chi connectivity index (χ3n) is 3.39. The lowest BCUT2D eigenvalue weighted by Gasteiger charge is -2.33. The Hall–Kier alpha value is -0.720. The fourth-order valence-electron chi connectivity index (χ4n) is 2.52. The number of thiophene rings is 1. The predicted molar refractivity (Wildman–Crippen MR) is 92.3 cm³/mol. The van der Waals surface area contributed by atoms with Gasteiger partial charge in [-0.05, 0) is 34.5 Å². The monoisotopic (exact) mass is 368 g/mol. The summed E-state index contributed by atoms with van der Waals surface area (Å²) < 4.78 is 1.08. The Balaban J connectivity index is 2.24. The van der Waals surface area contributed by atoms with Gasteiger partial charge in [-0.1, -0.05) is 30.3 Å². The number of aliphatic hydroxyl groups is 1. The maximum Gasteiger partial charge on any atom is 0.0594 e. The van der Waals surface area contributed by atoms with Crippen LogP contribution < -0.4 is 5.73 Å². The first-order chi connectivity index (χ1) is 10.1. The van der Waals surface area contributed by atoms with Crippen molar-refractivity contribution in [2.45, 2.75) is 25.6 Å². The van der Waals surface area contributed by atoms with Crippen LogP contribution in [0.15, 0.2) is 46.3 Å². The van der Waals surface area contributed by atoms with Gasteiger partial charge in [0.05, 0.1) is 12.6 Å². The summed E-state index contributed by atoms with van der Waals surface area (Å²) in [5, 5.41) is 11.5. The molecule has 0 bridgehead atoms. The molecule has 0 aliphatic heterocycles. The van der Waals surface area contributed by atoms with E-state index in [1.54, 1.807) is 11.3 Å². The molecule has 114 valence electrons. The average Bonchev–Trinajstić information content (AvgIpc) is 2.86. The zero-order valence-corrected chi connectivity index (χ0v) is 14.5. The topological polar surface area (TPSA) is 49.5 Å². The van der Waals surface area contributed by atoms with E-state index >= 15 is 0 Å². The number of aliphatic hydroxyl groups excluding tert-OH is 1. The smallest absolute Gasteiger partial charge is 0.0594 e. The van der Waals surface area contributed by atoms with E-state index in [4.69, 9.17) is 5.73 Å². The molecular weight excluding hydrogens is 348 g/mol. The summed E-state index contributed by atoms with van der Waals surface area (Å²) in [6.45, 7) is 3.54. The first-order valence-electron chi connectivity index (χ1n) is 7.00. The summed E-state index contributed by atoms with van der Waals surface area (Å²) in [4.78, 5) is 3.47. The van der Waals surface area contributed by atoms with E-state index in [9.17, 15) is 5.11 Å². The van der Waals surface area contributed by atoms with Crippen molar-refractivity contribution in [1.29, 1.82) is 0 Å². The van der Waals surface area contributed by atoms with E-state index in [-0.39, 0.29) is 18.7 Å². The standard InChI is InChI=1S/C16H21BrN2OS/c1-12(18)16(15-9-14(17)11-21-15)19(7-8-20)10-13-5-3-2-4-6-13/h2-6,9,11-12,16,20H,7-8,10,18H2,1H3. The van der Waals surface area contributed by atoms with Gasteiger partial charge in [0.2, 0.25) is 0 Å². The van der Waals surface area contributed by atoms with Crippen molar-refractivity contribution >= 4 is 27.3 Å². The van der Waals surface area contributed by atoms with Gasteiger partial charge in [0.1, 0.15) is 0 Å². The lowest BCUT2D eigenvalue weighted by molar-refractivity contribution is 0.131. The van der Waals surface area contributed by atoms with Gasteiger partial charge in [0.25, 0.3) is 0 Å². The van der Waals surface area contributed by atoms with Crippen LogP contribution in [0.3, 0.4) is 0 Å². The van der Waals surface area contributed by atoms with Crippen LogP contribution >= 0.6 is 27.3 Å². The minimum Gasteiger partial charge on any atom is -0.395 e. The van der Waals surface area contributed by atoms with Gasteiger partial charge >= 0.3 is 0 Å². The second-order valence-corrected chi connectivity index (χ2v) is 7.01. The summed E-state index contributed by atoms with van der Waals surface area (Å²) in [5.41, 5.74) is 7.46. The molecule has 0 aliphatic carbocycles. The third-order valence-corrected chi connectivity index (χ3v) is 5.15. The zero-order valence-electron chi connectivity index (χ0n) is 12.1. The number of benzene rings is 1. The molecule has 1 aromatic carbocycles. The van der Waals surface area contributed by atoms with Gasteiger partial charge in [-0.2, -0.15) is 0 Å². The van der Waals surface area contributed by atoms with Gasteiger partial charge in [-0.3, -0.25) is 4.90 Å². The van der Waals surface area contributed by atoms with Gasteiger partial charge in [-0.15, -0.1) is 11.3 Å². The highest BCUT2D eigenvalue weighted by atomic mass is 79.9. The van der Waals surface area contributed by atoms with Crippen LogP contribution in [0.4, 0.5) is 0 Å². The van der Waals surface area contributed by atoms with Crippen molar-refractivity contribution in [3.05, 3.63) is 56.7 Å². The van der Waals surface area contributed by atoms with E-state index in [1.807, 2.05) is 25.1 Å². The van der Waals surface area contributed by atoms with Crippen LogP contribution in [-0.4, -0.2) is 29.2 Å². The van der Waals surface area contributed by atoms with Crippen LogP contribution in [-0.2, 0) is 6.54 Å². The molecule has 0 amide bonds. The molecule has 0 saturated heterocycles. The summed E-state index contributed by atoms with van der Waals surface area (Å²) in [5.74, 6) is 0. The van der Waals surface area contributed by atoms with Gasteiger partial charge < -0.3 is 10.8 Å². The number of hydrogen-bond donors (Lipinski definition) is 2. The molecule has 1 heterocycles. The first kappa shape index (κ1) is 16.6. The van der Waals surface area contributed by atoms with Crippen molar-refractivity contribution in [3.8, 4) is 0 Å². The molecule has 0 radical (unpaired) electrons. The second-order valence-electron chi connectivity index (χ2n) is 5.15. The van der Waals surface area contributed by atoms with Crippen molar-refractivity contribution in [3.63, 3.8) is 0 Å². The first-order valence-corrected chi connectivity index (χ1v) is 8.67. The van der Waals surface area contributed by atoms with E-state index in [1.165, 1.54) is 10.4 Å². The normalized spacial score (nSPS) is 14.3.